The zero-order valence-electron chi connectivity index (χ0n) is 14.9. The van der Waals surface area contributed by atoms with E-state index in [2.05, 4.69) is 15.3 Å². The summed E-state index contributed by atoms with van der Waals surface area (Å²) < 4.78 is 16.3. The average molecular weight is 397 g/mol. The summed E-state index contributed by atoms with van der Waals surface area (Å²) in [6.07, 6.45) is 4.62. The van der Waals surface area contributed by atoms with E-state index in [1.54, 1.807) is 12.1 Å². The third-order valence-corrected chi connectivity index (χ3v) is 5.50. The van der Waals surface area contributed by atoms with Crippen molar-refractivity contribution in [3.8, 4) is 11.3 Å². The Bertz CT molecular complexity index is 1210. The van der Waals surface area contributed by atoms with E-state index in [1.807, 2.05) is 17.5 Å². The first-order valence-corrected chi connectivity index (χ1v) is 9.33. The monoisotopic (exact) mass is 397 g/mol. The summed E-state index contributed by atoms with van der Waals surface area (Å²) in [5.41, 5.74) is 2.30. The molecule has 28 heavy (non-hydrogen) atoms. The van der Waals surface area contributed by atoms with E-state index in [0.717, 1.165) is 26.8 Å². The van der Waals surface area contributed by atoms with Crippen LogP contribution in [0.25, 0.3) is 16.2 Å². The van der Waals surface area contributed by atoms with Gasteiger partial charge in [-0.15, -0.1) is 0 Å². The molecule has 0 bridgehead atoms. The van der Waals surface area contributed by atoms with Gasteiger partial charge in [0.25, 0.3) is 5.56 Å². The van der Waals surface area contributed by atoms with Crippen molar-refractivity contribution in [2.45, 2.75) is 20.0 Å². The number of hydrogen-bond donors (Lipinski definition) is 1. The molecule has 0 aliphatic carbocycles. The molecule has 1 N–H and O–H groups in total. The van der Waals surface area contributed by atoms with Crippen molar-refractivity contribution in [3.63, 3.8) is 0 Å². The van der Waals surface area contributed by atoms with E-state index < -0.39 is 0 Å². The summed E-state index contributed by atoms with van der Waals surface area (Å²) in [6, 6.07) is 7.51. The maximum absolute atomic E-state index is 13.1. The first kappa shape index (κ1) is 18.1. The van der Waals surface area contributed by atoms with Gasteiger partial charge in [-0.3, -0.25) is 18.6 Å². The molecule has 7 nitrogen and oxygen atoms in total. The van der Waals surface area contributed by atoms with Crippen LogP contribution in [0, 0.1) is 12.7 Å². The molecular weight excluding hydrogens is 381 g/mol. The Morgan fingerprint density at radius 3 is 2.75 bits per heavy atom. The lowest BCUT2D eigenvalue weighted by molar-refractivity contribution is -0.121. The van der Waals surface area contributed by atoms with E-state index in [9.17, 15) is 14.0 Å². The Balaban J connectivity index is 1.47. The minimum absolute atomic E-state index is 0.0804. The molecule has 4 rings (SSSR count). The Hall–Kier alpha value is -3.33. The van der Waals surface area contributed by atoms with Crippen molar-refractivity contribution in [1.29, 1.82) is 0 Å². The fourth-order valence-electron chi connectivity index (χ4n) is 2.80. The molecule has 0 unspecified atom stereocenters. The average Bonchev–Trinajstić information content (AvgIpc) is 3.22. The second kappa shape index (κ2) is 7.35. The van der Waals surface area contributed by atoms with Crippen LogP contribution in [0.2, 0.25) is 0 Å². The summed E-state index contributed by atoms with van der Waals surface area (Å²) >= 11 is 1.48. The highest BCUT2D eigenvalue weighted by Gasteiger charge is 2.14. The van der Waals surface area contributed by atoms with E-state index in [0.29, 0.717) is 6.54 Å². The first-order chi connectivity index (χ1) is 13.5. The second-order valence-electron chi connectivity index (χ2n) is 6.22. The van der Waals surface area contributed by atoms with Crippen LogP contribution in [-0.4, -0.2) is 24.8 Å². The highest BCUT2D eigenvalue weighted by Crippen LogP contribution is 2.27. The molecule has 3 heterocycles. The molecule has 1 aromatic carbocycles. The maximum Gasteiger partial charge on any atom is 0.253 e. The van der Waals surface area contributed by atoms with Crippen molar-refractivity contribution in [2.24, 2.45) is 0 Å². The van der Waals surface area contributed by atoms with Crippen molar-refractivity contribution >= 4 is 22.2 Å². The molecule has 0 atom stereocenters. The summed E-state index contributed by atoms with van der Waals surface area (Å²) in [6.45, 7) is 2.22. The van der Waals surface area contributed by atoms with Gasteiger partial charge in [0.2, 0.25) is 5.91 Å². The molecule has 0 spiro atoms. The molecule has 0 radical (unpaired) electrons. The maximum atomic E-state index is 13.1. The van der Waals surface area contributed by atoms with Gasteiger partial charge in [0.1, 0.15) is 12.4 Å². The second-order valence-corrected chi connectivity index (χ2v) is 7.28. The smallest absolute Gasteiger partial charge is 0.253 e. The van der Waals surface area contributed by atoms with Gasteiger partial charge in [0.15, 0.2) is 4.96 Å². The van der Waals surface area contributed by atoms with Crippen LogP contribution in [-0.2, 0) is 17.9 Å². The topological polar surface area (TPSA) is 81.3 Å². The van der Waals surface area contributed by atoms with Crippen molar-refractivity contribution < 1.29 is 9.18 Å². The third kappa shape index (κ3) is 3.56. The van der Waals surface area contributed by atoms with Gasteiger partial charge in [-0.05, 0) is 31.2 Å². The molecule has 9 heteroatoms. The van der Waals surface area contributed by atoms with Crippen LogP contribution >= 0.6 is 11.3 Å². The number of hydrogen-bond acceptors (Lipinski definition) is 5. The number of rotatable bonds is 5. The molecule has 3 aromatic heterocycles. The zero-order valence-corrected chi connectivity index (χ0v) is 15.7. The molecule has 0 saturated carbocycles. The fourth-order valence-corrected chi connectivity index (χ4v) is 3.85. The zero-order chi connectivity index (χ0) is 19.7. The fraction of sp³-hybridized carbons (Fsp3) is 0.158. The lowest BCUT2D eigenvalue weighted by atomic mass is 10.2. The number of benzene rings is 1. The molecule has 4 aromatic rings. The number of carbonyl (C=O) groups excluding carboxylic acids is 1. The number of carbonyl (C=O) groups is 1. The number of halogens is 1. The Morgan fingerprint density at radius 1 is 1.25 bits per heavy atom. The number of aryl methyl sites for hydroxylation is 1. The van der Waals surface area contributed by atoms with Gasteiger partial charge in [0, 0.05) is 34.6 Å². The standard InChI is InChI=1S/C19H16FN5O2S/c1-12-16(8-22-17(26)10-24-11-21-7-6-18(24)27)28-19-23-15(9-25(12)19)13-2-4-14(20)5-3-13/h2-7,9,11H,8,10H2,1H3,(H,22,26). The number of fused-ring (bicyclic) bond motifs is 1. The predicted molar refractivity (Wildman–Crippen MR) is 104 cm³/mol. The third-order valence-electron chi connectivity index (χ3n) is 4.35. The van der Waals surface area contributed by atoms with Gasteiger partial charge in [-0.2, -0.15) is 0 Å². The predicted octanol–water partition coefficient (Wildman–Crippen LogP) is 2.38. The number of nitrogens with one attached hydrogen (secondary N) is 1. The van der Waals surface area contributed by atoms with E-state index >= 15 is 0 Å². The highest BCUT2D eigenvalue weighted by molar-refractivity contribution is 7.17. The van der Waals surface area contributed by atoms with Gasteiger partial charge in [-0.1, -0.05) is 11.3 Å². The lowest BCUT2D eigenvalue weighted by Crippen LogP contribution is -2.31. The Kier molecular flexibility index (Phi) is 4.74. The quantitative estimate of drug-likeness (QED) is 0.561. The van der Waals surface area contributed by atoms with E-state index in [1.165, 1.54) is 46.6 Å². The molecule has 142 valence electrons. The van der Waals surface area contributed by atoms with Crippen LogP contribution in [0.15, 0.2) is 53.8 Å². The summed E-state index contributed by atoms with van der Waals surface area (Å²) in [4.78, 5) is 34.0. The van der Waals surface area contributed by atoms with Gasteiger partial charge < -0.3 is 5.32 Å². The molecule has 0 fully saturated rings. The molecule has 0 aliphatic rings. The highest BCUT2D eigenvalue weighted by atomic mass is 32.1. The van der Waals surface area contributed by atoms with E-state index in [-0.39, 0.29) is 23.8 Å². The Morgan fingerprint density at radius 2 is 2.04 bits per heavy atom. The van der Waals surface area contributed by atoms with Crippen molar-refractivity contribution in [1.82, 2.24) is 24.3 Å². The number of nitrogens with zero attached hydrogens (tertiary/aromatic N) is 4. The van der Waals surface area contributed by atoms with Gasteiger partial charge in [0.05, 0.1) is 18.6 Å². The minimum atomic E-state index is -0.285. The lowest BCUT2D eigenvalue weighted by Gasteiger charge is -2.06. The van der Waals surface area contributed by atoms with Crippen LogP contribution in [0.4, 0.5) is 4.39 Å². The van der Waals surface area contributed by atoms with Crippen LogP contribution < -0.4 is 10.9 Å². The van der Waals surface area contributed by atoms with Gasteiger partial charge in [-0.25, -0.2) is 14.4 Å². The summed E-state index contributed by atoms with van der Waals surface area (Å²) in [5.74, 6) is -0.555. The van der Waals surface area contributed by atoms with E-state index in [4.69, 9.17) is 0 Å². The largest absolute Gasteiger partial charge is 0.350 e. The molecule has 1 amide bonds. The van der Waals surface area contributed by atoms with Crippen LogP contribution in [0.3, 0.4) is 0 Å². The summed E-state index contributed by atoms with van der Waals surface area (Å²) in [7, 11) is 0. The van der Waals surface area contributed by atoms with Crippen LogP contribution in [0.1, 0.15) is 10.6 Å². The number of amides is 1. The SMILES string of the molecule is Cc1c(CNC(=O)Cn2cnccc2=O)sc2nc(-c3ccc(F)cc3)cn12. The minimum Gasteiger partial charge on any atom is -0.350 e. The molecule has 0 aliphatic heterocycles. The number of imidazole rings is 1. The van der Waals surface area contributed by atoms with Crippen molar-refractivity contribution in [3.05, 3.63) is 75.8 Å². The number of thiazole rings is 1. The van der Waals surface area contributed by atoms with Crippen LogP contribution in [0.5, 0.6) is 0 Å². The normalized spacial score (nSPS) is 11.1. The van der Waals surface area contributed by atoms with Gasteiger partial charge >= 0.3 is 0 Å². The first-order valence-electron chi connectivity index (χ1n) is 8.52. The van der Waals surface area contributed by atoms with Crippen molar-refractivity contribution in [2.75, 3.05) is 0 Å². The molecule has 0 saturated heterocycles. The molecular formula is C19H16FN5O2S. The Labute approximate surface area is 163 Å². The number of aromatic nitrogens is 4. The summed E-state index contributed by atoms with van der Waals surface area (Å²) in [5, 5.41) is 2.82.